The summed E-state index contributed by atoms with van der Waals surface area (Å²) in [6.45, 7) is -0.426. The Kier molecular flexibility index (Phi) is 8.36. The molecule has 0 N–H and O–H groups in total. The van der Waals surface area contributed by atoms with Crippen LogP contribution in [0.5, 0.6) is 0 Å². The summed E-state index contributed by atoms with van der Waals surface area (Å²) in [5, 5.41) is 9.68. The lowest BCUT2D eigenvalue weighted by Gasteiger charge is -2.15. The third-order valence-corrected chi connectivity index (χ3v) is 9.82. The molecule has 7 rings (SSSR count). The number of pyridine rings is 1. The van der Waals surface area contributed by atoms with E-state index in [1.807, 2.05) is 36.4 Å². The average molecular weight is 670 g/mol. The number of ether oxygens (including phenoxy) is 1. The second-order valence-corrected chi connectivity index (χ2v) is 12.9. The number of nitrogens with zero attached hydrogens (tertiary/aromatic N) is 3. The van der Waals surface area contributed by atoms with Gasteiger partial charge in [-0.25, -0.2) is 14.7 Å². The number of thioether (sulfide) groups is 1. The van der Waals surface area contributed by atoms with Crippen molar-refractivity contribution >= 4 is 52.6 Å². The fourth-order valence-corrected chi connectivity index (χ4v) is 7.23. The molecule has 0 saturated carbocycles. The van der Waals surface area contributed by atoms with Gasteiger partial charge in [-0.1, -0.05) is 78.0 Å². The van der Waals surface area contributed by atoms with E-state index in [4.69, 9.17) is 16.3 Å². The Bertz CT molecular complexity index is 2190. The monoisotopic (exact) mass is 669 g/mol. The van der Waals surface area contributed by atoms with Crippen molar-refractivity contribution in [3.8, 4) is 28.5 Å². The smallest absolute Gasteiger partial charge is 0.338 e. The molecule has 0 radical (unpaired) electrons. The zero-order valence-corrected chi connectivity index (χ0v) is 26.8. The zero-order chi connectivity index (χ0) is 33.4. The number of halogens is 1. The van der Waals surface area contributed by atoms with Gasteiger partial charge in [0.05, 0.1) is 27.8 Å². The minimum absolute atomic E-state index is 0.0902. The molecule has 2 amide bonds. The standard InChI is InChI=1S/C38H24ClN3O5S/c39-31-8-4-3-7-30(31)32-16-12-25(20-40)36(41-32)48-34-19-35(44)42(37(34)45)27-13-9-22(10-14-27)38(46)47-21-33(43)24-11-15-29-26(18-24)17-23-5-1-2-6-28(23)29/h1-16,18,34H,17,19,21H2. The van der Waals surface area contributed by atoms with E-state index in [0.717, 1.165) is 39.8 Å². The molecule has 8 nitrogen and oxygen atoms in total. The minimum atomic E-state index is -0.803. The number of anilines is 1. The van der Waals surface area contributed by atoms with Gasteiger partial charge in [-0.3, -0.25) is 14.4 Å². The Labute approximate surface area is 284 Å². The number of aromatic nitrogens is 1. The number of nitriles is 1. The van der Waals surface area contributed by atoms with Crippen LogP contribution in [0.2, 0.25) is 5.02 Å². The van der Waals surface area contributed by atoms with Crippen molar-refractivity contribution < 1.29 is 23.9 Å². The van der Waals surface area contributed by atoms with E-state index in [1.165, 1.54) is 29.8 Å². The molecule has 4 aromatic carbocycles. The number of carbonyl (C=O) groups excluding carboxylic acids is 4. The van der Waals surface area contributed by atoms with Crippen molar-refractivity contribution in [3.63, 3.8) is 0 Å². The SMILES string of the molecule is N#Cc1ccc(-c2ccccc2Cl)nc1SC1CC(=O)N(c2ccc(C(=O)OCC(=O)c3ccc4c(c3)Cc3ccccc3-4)cc2)C1=O. The average Bonchev–Trinajstić information content (AvgIpc) is 3.62. The molecule has 1 atom stereocenters. The number of ketones is 1. The van der Waals surface area contributed by atoms with Crippen LogP contribution >= 0.6 is 23.4 Å². The molecule has 5 aromatic rings. The molecule has 2 heterocycles. The molecule has 1 aromatic heterocycles. The first-order valence-electron chi connectivity index (χ1n) is 15.0. The number of imide groups is 1. The summed E-state index contributed by atoms with van der Waals surface area (Å²) < 4.78 is 5.31. The van der Waals surface area contributed by atoms with Gasteiger partial charge in [0.2, 0.25) is 11.8 Å². The number of hydrogen-bond donors (Lipinski definition) is 0. The van der Waals surface area contributed by atoms with E-state index in [2.05, 4.69) is 23.2 Å². The fourth-order valence-electron chi connectivity index (χ4n) is 5.90. The first-order valence-corrected chi connectivity index (χ1v) is 16.3. The molecular weight excluding hydrogens is 646 g/mol. The predicted octanol–water partition coefficient (Wildman–Crippen LogP) is 7.31. The van der Waals surface area contributed by atoms with Crippen LogP contribution in [-0.4, -0.2) is 40.4 Å². The number of hydrogen-bond acceptors (Lipinski definition) is 8. The van der Waals surface area contributed by atoms with Crippen molar-refractivity contribution in [3.05, 3.63) is 136 Å². The predicted molar refractivity (Wildman–Crippen MR) is 182 cm³/mol. The van der Waals surface area contributed by atoms with Crippen LogP contribution in [0.1, 0.15) is 43.8 Å². The van der Waals surface area contributed by atoms with Crippen LogP contribution in [0.4, 0.5) is 5.69 Å². The number of rotatable bonds is 8. The Morgan fingerprint density at radius 3 is 2.35 bits per heavy atom. The van der Waals surface area contributed by atoms with Gasteiger partial charge in [0.25, 0.3) is 0 Å². The van der Waals surface area contributed by atoms with E-state index < -0.39 is 29.6 Å². The highest BCUT2D eigenvalue weighted by Gasteiger charge is 2.41. The number of Topliss-reactive ketones (excluding diaryl/α,β-unsaturated/α-hetero) is 1. The molecule has 1 saturated heterocycles. The summed E-state index contributed by atoms with van der Waals surface area (Å²) in [5.74, 6) is -1.90. The van der Waals surface area contributed by atoms with Crippen LogP contribution in [0.15, 0.2) is 108 Å². The van der Waals surface area contributed by atoms with Gasteiger partial charge in [0, 0.05) is 22.6 Å². The van der Waals surface area contributed by atoms with E-state index in [-0.39, 0.29) is 29.0 Å². The Morgan fingerprint density at radius 2 is 1.58 bits per heavy atom. The largest absolute Gasteiger partial charge is 0.454 e. The number of benzene rings is 4. The van der Waals surface area contributed by atoms with Gasteiger partial charge < -0.3 is 4.74 Å². The van der Waals surface area contributed by atoms with Crippen molar-refractivity contribution in [2.75, 3.05) is 11.5 Å². The molecule has 0 bridgehead atoms. The van der Waals surface area contributed by atoms with E-state index in [9.17, 15) is 24.4 Å². The first kappa shape index (κ1) is 31.1. The number of carbonyl (C=O) groups is 4. The lowest BCUT2D eigenvalue weighted by Crippen LogP contribution is -2.31. The number of amides is 2. The summed E-state index contributed by atoms with van der Waals surface area (Å²) in [5.41, 5.74) is 6.96. The van der Waals surface area contributed by atoms with Crippen LogP contribution < -0.4 is 4.90 Å². The molecule has 1 unspecified atom stereocenters. The Hall–Kier alpha value is -5.56. The van der Waals surface area contributed by atoms with Gasteiger partial charge in [-0.05, 0) is 77.2 Å². The maximum Gasteiger partial charge on any atom is 0.338 e. The Morgan fingerprint density at radius 1 is 0.875 bits per heavy atom. The van der Waals surface area contributed by atoms with Crippen LogP contribution in [0.25, 0.3) is 22.4 Å². The molecule has 1 aliphatic carbocycles. The zero-order valence-electron chi connectivity index (χ0n) is 25.2. The molecule has 10 heteroatoms. The maximum atomic E-state index is 13.4. The summed E-state index contributed by atoms with van der Waals surface area (Å²) in [4.78, 5) is 57.7. The maximum absolute atomic E-state index is 13.4. The topological polar surface area (TPSA) is 117 Å². The highest BCUT2D eigenvalue weighted by Crippen LogP contribution is 2.38. The lowest BCUT2D eigenvalue weighted by atomic mass is 10.0. The van der Waals surface area contributed by atoms with Crippen LogP contribution in [-0.2, 0) is 20.7 Å². The third kappa shape index (κ3) is 5.88. The summed E-state index contributed by atoms with van der Waals surface area (Å²) in [7, 11) is 0. The van der Waals surface area contributed by atoms with E-state index in [1.54, 1.807) is 30.3 Å². The van der Waals surface area contributed by atoms with Crippen molar-refractivity contribution in [2.45, 2.75) is 23.1 Å². The summed E-state index contributed by atoms with van der Waals surface area (Å²) in [6.07, 6.45) is 0.655. The second-order valence-electron chi connectivity index (χ2n) is 11.3. The molecule has 48 heavy (non-hydrogen) atoms. The summed E-state index contributed by atoms with van der Waals surface area (Å²) in [6, 6.07) is 32.1. The molecule has 234 valence electrons. The van der Waals surface area contributed by atoms with E-state index >= 15 is 0 Å². The molecule has 1 fully saturated rings. The molecule has 2 aliphatic rings. The highest BCUT2D eigenvalue weighted by atomic mass is 35.5. The lowest BCUT2D eigenvalue weighted by molar-refractivity contribution is -0.121. The van der Waals surface area contributed by atoms with Crippen LogP contribution in [0.3, 0.4) is 0 Å². The minimum Gasteiger partial charge on any atom is -0.454 e. The third-order valence-electron chi connectivity index (χ3n) is 8.30. The number of esters is 1. The van der Waals surface area contributed by atoms with Crippen molar-refractivity contribution in [1.82, 2.24) is 4.98 Å². The molecule has 1 aliphatic heterocycles. The van der Waals surface area contributed by atoms with E-state index in [0.29, 0.717) is 26.9 Å². The quantitative estimate of drug-likeness (QED) is 0.0941. The Balaban J connectivity index is 0.995. The van der Waals surface area contributed by atoms with Gasteiger partial charge in [-0.15, -0.1) is 0 Å². The van der Waals surface area contributed by atoms with Crippen LogP contribution in [0, 0.1) is 11.3 Å². The second kappa shape index (κ2) is 12.9. The summed E-state index contributed by atoms with van der Waals surface area (Å²) >= 11 is 7.39. The first-order chi connectivity index (χ1) is 23.3. The van der Waals surface area contributed by atoms with Crippen molar-refractivity contribution in [2.24, 2.45) is 0 Å². The van der Waals surface area contributed by atoms with Gasteiger partial charge in [-0.2, -0.15) is 5.26 Å². The van der Waals surface area contributed by atoms with Gasteiger partial charge in [0.15, 0.2) is 12.4 Å². The van der Waals surface area contributed by atoms with Gasteiger partial charge >= 0.3 is 5.97 Å². The normalized spacial score (nSPS) is 14.8. The van der Waals surface area contributed by atoms with Gasteiger partial charge in [0.1, 0.15) is 11.1 Å². The fraction of sp³-hybridized carbons (Fsp3) is 0.105. The van der Waals surface area contributed by atoms with Crippen molar-refractivity contribution in [1.29, 1.82) is 5.26 Å². The molecular formula is C38H24ClN3O5S. The number of fused-ring (bicyclic) bond motifs is 3. The molecule has 0 spiro atoms. The highest BCUT2D eigenvalue weighted by molar-refractivity contribution is 8.00.